The average molecular weight is 275 g/mol. The maximum absolute atomic E-state index is 4.10. The molecule has 2 bridgehead atoms. The molecule has 20 heavy (non-hydrogen) atoms. The third-order valence-electron chi connectivity index (χ3n) is 6.18. The molecular formula is C17H29N3. The number of aromatic amines is 1. The zero-order chi connectivity index (χ0) is 14.4. The molecule has 0 spiro atoms. The molecule has 0 aliphatic heterocycles. The van der Waals surface area contributed by atoms with E-state index in [9.17, 15) is 0 Å². The van der Waals surface area contributed by atoms with E-state index in [1.807, 2.05) is 6.20 Å². The summed E-state index contributed by atoms with van der Waals surface area (Å²) in [5.41, 5.74) is 3.60. The second-order valence-electron chi connectivity index (χ2n) is 7.93. The van der Waals surface area contributed by atoms with Crippen LogP contribution in [0.3, 0.4) is 0 Å². The molecule has 1 heterocycles. The van der Waals surface area contributed by atoms with Gasteiger partial charge < -0.3 is 5.32 Å². The Morgan fingerprint density at radius 3 is 2.80 bits per heavy atom. The van der Waals surface area contributed by atoms with Crippen LogP contribution in [0.5, 0.6) is 0 Å². The lowest BCUT2D eigenvalue weighted by Crippen LogP contribution is -2.50. The standard InChI is InChI=1S/C17H29N3/c1-12-13(11-19-20-12)6-5-9-18-15-16(2,3)14-7-8-17(15,4)10-14/h11,14-15,18H,5-10H2,1-4H3,(H,19,20)/t14-,15?,17+/m0/s1. The third-order valence-corrected chi connectivity index (χ3v) is 6.18. The van der Waals surface area contributed by atoms with Crippen LogP contribution in [0.1, 0.15) is 57.7 Å². The van der Waals surface area contributed by atoms with Gasteiger partial charge in [0.2, 0.25) is 0 Å². The first-order valence-corrected chi connectivity index (χ1v) is 8.16. The highest BCUT2D eigenvalue weighted by Gasteiger charge is 2.58. The topological polar surface area (TPSA) is 40.7 Å². The molecule has 3 rings (SSSR count). The molecule has 1 unspecified atom stereocenters. The van der Waals surface area contributed by atoms with Crippen molar-refractivity contribution in [1.82, 2.24) is 15.5 Å². The van der Waals surface area contributed by atoms with Gasteiger partial charge in [0.05, 0.1) is 6.20 Å². The van der Waals surface area contributed by atoms with Crippen molar-refractivity contribution in [3.8, 4) is 0 Å². The van der Waals surface area contributed by atoms with Gasteiger partial charge in [-0.1, -0.05) is 20.8 Å². The lowest BCUT2D eigenvalue weighted by Gasteiger charge is -2.43. The quantitative estimate of drug-likeness (QED) is 0.808. The maximum Gasteiger partial charge on any atom is 0.0522 e. The summed E-state index contributed by atoms with van der Waals surface area (Å²) >= 11 is 0. The molecule has 0 aromatic carbocycles. The van der Waals surface area contributed by atoms with Crippen molar-refractivity contribution in [3.05, 3.63) is 17.5 Å². The molecular weight excluding hydrogens is 246 g/mol. The molecule has 112 valence electrons. The van der Waals surface area contributed by atoms with E-state index >= 15 is 0 Å². The number of aryl methyl sites for hydroxylation is 2. The van der Waals surface area contributed by atoms with E-state index in [0.29, 0.717) is 16.9 Å². The van der Waals surface area contributed by atoms with Gasteiger partial charge in [-0.2, -0.15) is 5.10 Å². The van der Waals surface area contributed by atoms with Crippen LogP contribution in [0.2, 0.25) is 0 Å². The Kier molecular flexibility index (Phi) is 3.44. The van der Waals surface area contributed by atoms with Gasteiger partial charge in [0.15, 0.2) is 0 Å². The van der Waals surface area contributed by atoms with Crippen molar-refractivity contribution >= 4 is 0 Å². The van der Waals surface area contributed by atoms with Gasteiger partial charge in [0.1, 0.15) is 0 Å². The lowest BCUT2D eigenvalue weighted by molar-refractivity contribution is 0.109. The first-order chi connectivity index (χ1) is 9.43. The Morgan fingerprint density at radius 2 is 2.20 bits per heavy atom. The van der Waals surface area contributed by atoms with E-state index in [1.165, 1.54) is 36.9 Å². The van der Waals surface area contributed by atoms with E-state index in [2.05, 4.69) is 43.2 Å². The third kappa shape index (κ3) is 2.20. The monoisotopic (exact) mass is 275 g/mol. The van der Waals surface area contributed by atoms with Crippen molar-refractivity contribution in [2.24, 2.45) is 16.7 Å². The molecule has 3 atom stereocenters. The van der Waals surface area contributed by atoms with Gasteiger partial charge in [0, 0.05) is 11.7 Å². The summed E-state index contributed by atoms with van der Waals surface area (Å²) in [6.45, 7) is 10.7. The Bertz CT molecular complexity index is 472. The van der Waals surface area contributed by atoms with Crippen molar-refractivity contribution in [2.45, 2.75) is 65.8 Å². The van der Waals surface area contributed by atoms with Crippen LogP contribution in [0, 0.1) is 23.7 Å². The van der Waals surface area contributed by atoms with Gasteiger partial charge >= 0.3 is 0 Å². The summed E-state index contributed by atoms with van der Waals surface area (Å²) in [5, 5.41) is 11.0. The Morgan fingerprint density at radius 1 is 1.40 bits per heavy atom. The minimum Gasteiger partial charge on any atom is -0.313 e. The van der Waals surface area contributed by atoms with E-state index in [4.69, 9.17) is 0 Å². The molecule has 3 nitrogen and oxygen atoms in total. The summed E-state index contributed by atoms with van der Waals surface area (Å²) in [7, 11) is 0. The van der Waals surface area contributed by atoms with Crippen LogP contribution < -0.4 is 5.32 Å². The average Bonchev–Trinajstić information content (AvgIpc) is 3.00. The van der Waals surface area contributed by atoms with Gasteiger partial charge in [0.25, 0.3) is 0 Å². The van der Waals surface area contributed by atoms with Crippen molar-refractivity contribution in [1.29, 1.82) is 0 Å². The number of nitrogens with one attached hydrogen (secondary N) is 2. The lowest BCUT2D eigenvalue weighted by atomic mass is 9.68. The smallest absolute Gasteiger partial charge is 0.0522 e. The van der Waals surface area contributed by atoms with Gasteiger partial charge in [-0.3, -0.25) is 5.10 Å². The maximum atomic E-state index is 4.10. The van der Waals surface area contributed by atoms with Crippen molar-refractivity contribution in [2.75, 3.05) is 6.54 Å². The van der Waals surface area contributed by atoms with E-state index < -0.39 is 0 Å². The van der Waals surface area contributed by atoms with Crippen LogP contribution >= 0.6 is 0 Å². The number of nitrogens with zero attached hydrogens (tertiary/aromatic N) is 1. The first kappa shape index (κ1) is 14.1. The first-order valence-electron chi connectivity index (χ1n) is 8.16. The van der Waals surface area contributed by atoms with E-state index in [-0.39, 0.29) is 0 Å². The Hall–Kier alpha value is -0.830. The summed E-state index contributed by atoms with van der Waals surface area (Å²) in [6, 6.07) is 0.694. The molecule has 2 N–H and O–H groups in total. The van der Waals surface area contributed by atoms with E-state index in [0.717, 1.165) is 18.9 Å². The van der Waals surface area contributed by atoms with Crippen molar-refractivity contribution in [3.63, 3.8) is 0 Å². The number of hydrogen-bond acceptors (Lipinski definition) is 2. The van der Waals surface area contributed by atoms with Gasteiger partial charge in [-0.05, 0) is 67.9 Å². The Labute approximate surface area is 122 Å². The van der Waals surface area contributed by atoms with Gasteiger partial charge in [-0.15, -0.1) is 0 Å². The van der Waals surface area contributed by atoms with Crippen molar-refractivity contribution < 1.29 is 0 Å². The largest absolute Gasteiger partial charge is 0.313 e. The van der Waals surface area contributed by atoms with Crippen LogP contribution in [-0.4, -0.2) is 22.8 Å². The fourth-order valence-corrected chi connectivity index (χ4v) is 4.96. The molecule has 2 aliphatic carbocycles. The fourth-order valence-electron chi connectivity index (χ4n) is 4.96. The van der Waals surface area contributed by atoms with Gasteiger partial charge in [-0.25, -0.2) is 0 Å². The SMILES string of the molecule is Cc1[nH]ncc1CCCNC1C(C)(C)[C@H]2CC[C@]1(C)C2. The second-order valence-corrected chi connectivity index (χ2v) is 7.93. The molecule has 0 amide bonds. The molecule has 3 heteroatoms. The Balaban J connectivity index is 1.52. The molecule has 0 saturated heterocycles. The minimum atomic E-state index is 0.471. The second kappa shape index (κ2) is 4.87. The van der Waals surface area contributed by atoms with E-state index in [1.54, 1.807) is 0 Å². The van der Waals surface area contributed by atoms with Crippen LogP contribution in [0.15, 0.2) is 6.20 Å². The van der Waals surface area contributed by atoms with Crippen LogP contribution in [0.4, 0.5) is 0 Å². The molecule has 0 radical (unpaired) electrons. The normalized spacial score (nSPS) is 34.8. The highest BCUT2D eigenvalue weighted by molar-refractivity contribution is 5.15. The van der Waals surface area contributed by atoms with Crippen LogP contribution in [0.25, 0.3) is 0 Å². The number of fused-ring (bicyclic) bond motifs is 2. The predicted molar refractivity (Wildman–Crippen MR) is 82.7 cm³/mol. The molecule has 1 aromatic heterocycles. The summed E-state index contributed by atoms with van der Waals surface area (Å²) in [6.07, 6.45) is 8.59. The summed E-state index contributed by atoms with van der Waals surface area (Å²) in [4.78, 5) is 0. The summed E-state index contributed by atoms with van der Waals surface area (Å²) < 4.78 is 0. The number of rotatable bonds is 5. The zero-order valence-electron chi connectivity index (χ0n) is 13.4. The molecule has 2 saturated carbocycles. The number of H-pyrrole nitrogens is 1. The van der Waals surface area contributed by atoms with Crippen LogP contribution in [-0.2, 0) is 6.42 Å². The number of aromatic nitrogens is 2. The number of hydrogen-bond donors (Lipinski definition) is 2. The summed E-state index contributed by atoms with van der Waals surface area (Å²) in [5.74, 6) is 0.932. The molecule has 2 fully saturated rings. The zero-order valence-corrected chi connectivity index (χ0v) is 13.4. The highest BCUT2D eigenvalue weighted by atomic mass is 15.1. The molecule has 2 aliphatic rings. The fraction of sp³-hybridized carbons (Fsp3) is 0.824. The highest BCUT2D eigenvalue weighted by Crippen LogP contribution is 2.62. The minimum absolute atomic E-state index is 0.471. The molecule has 1 aromatic rings. The predicted octanol–water partition coefficient (Wildman–Crippen LogP) is 3.46.